The molecule has 11 nitrogen and oxygen atoms in total. The first-order valence-electron chi connectivity index (χ1n) is 13.0. The van der Waals surface area contributed by atoms with E-state index in [1.165, 1.54) is 0 Å². The zero-order valence-corrected chi connectivity index (χ0v) is 22.4. The molecule has 5 heterocycles. The van der Waals surface area contributed by atoms with E-state index in [-0.39, 0.29) is 48.1 Å². The number of nitrogens with zero attached hydrogens (tertiary/aromatic N) is 5. The van der Waals surface area contributed by atoms with E-state index in [2.05, 4.69) is 25.5 Å². The number of nitrogens with one attached hydrogen (secondary N) is 2. The number of aryl methyl sites for hydroxylation is 1. The van der Waals surface area contributed by atoms with Crippen LogP contribution in [-0.4, -0.2) is 83.1 Å². The van der Waals surface area contributed by atoms with Gasteiger partial charge < -0.3 is 19.7 Å². The van der Waals surface area contributed by atoms with Crippen LogP contribution in [-0.2, 0) is 26.1 Å². The summed E-state index contributed by atoms with van der Waals surface area (Å²) in [6.07, 6.45) is 4.75. The van der Waals surface area contributed by atoms with Crippen molar-refractivity contribution in [1.29, 1.82) is 0 Å². The van der Waals surface area contributed by atoms with Crippen molar-refractivity contribution in [3.8, 4) is 0 Å². The van der Waals surface area contributed by atoms with E-state index < -0.39 is 15.8 Å². The lowest BCUT2D eigenvalue weighted by molar-refractivity contribution is 0.0287. The highest BCUT2D eigenvalue weighted by atomic mass is 32.2. The van der Waals surface area contributed by atoms with Crippen LogP contribution in [0.4, 0.5) is 22.0 Å². The molecule has 37 heavy (non-hydrogen) atoms. The van der Waals surface area contributed by atoms with Crippen LogP contribution in [0.5, 0.6) is 0 Å². The summed E-state index contributed by atoms with van der Waals surface area (Å²) in [5.41, 5.74) is 0.990. The lowest BCUT2D eigenvalue weighted by atomic mass is 9.83. The molecule has 4 atom stereocenters. The van der Waals surface area contributed by atoms with Gasteiger partial charge in [0.05, 0.1) is 25.1 Å². The summed E-state index contributed by atoms with van der Waals surface area (Å²) in [6, 6.07) is 1.71. The largest absolute Gasteiger partial charge is 0.379 e. The Labute approximate surface area is 217 Å². The minimum absolute atomic E-state index is 0.00404. The Balaban J connectivity index is 1.41. The van der Waals surface area contributed by atoms with E-state index in [1.54, 1.807) is 17.3 Å². The number of fused-ring (bicyclic) bond motifs is 2. The van der Waals surface area contributed by atoms with Gasteiger partial charge in [0.25, 0.3) is 0 Å². The fourth-order valence-electron chi connectivity index (χ4n) is 5.65. The molecule has 0 aromatic carbocycles. The Morgan fingerprint density at radius 3 is 2.65 bits per heavy atom. The third-order valence-electron chi connectivity index (χ3n) is 7.64. The lowest BCUT2D eigenvalue weighted by Gasteiger charge is -2.49. The number of aromatic nitrogens is 4. The van der Waals surface area contributed by atoms with Gasteiger partial charge in [-0.15, -0.1) is 0 Å². The maximum Gasteiger partial charge on any atom is 0.227 e. The van der Waals surface area contributed by atoms with Gasteiger partial charge in [0, 0.05) is 43.5 Å². The van der Waals surface area contributed by atoms with Crippen molar-refractivity contribution in [2.45, 2.75) is 83.2 Å². The van der Waals surface area contributed by atoms with Crippen LogP contribution in [0.25, 0.3) is 0 Å². The number of rotatable bonds is 9. The van der Waals surface area contributed by atoms with Gasteiger partial charge in [0.15, 0.2) is 17.5 Å². The van der Waals surface area contributed by atoms with Gasteiger partial charge in [-0.2, -0.15) is 14.4 Å². The average Bonchev–Trinajstić information content (AvgIpc) is 3.54. The molecular weight excluding hydrogens is 501 g/mol. The Bertz CT molecular complexity index is 1190. The van der Waals surface area contributed by atoms with Crippen LogP contribution in [0, 0.1) is 12.7 Å². The van der Waals surface area contributed by atoms with E-state index in [0.717, 1.165) is 31.4 Å². The van der Waals surface area contributed by atoms with E-state index in [1.807, 2.05) is 18.9 Å². The van der Waals surface area contributed by atoms with Gasteiger partial charge in [0.2, 0.25) is 16.0 Å². The van der Waals surface area contributed by atoms with Gasteiger partial charge in [-0.05, 0) is 46.0 Å². The Kier molecular flexibility index (Phi) is 7.66. The monoisotopic (exact) mass is 537 g/mol. The normalized spacial score (nSPS) is 26.4. The van der Waals surface area contributed by atoms with E-state index >= 15 is 4.39 Å². The molecule has 0 unspecified atom stereocenters. The first kappa shape index (κ1) is 26.3. The zero-order valence-electron chi connectivity index (χ0n) is 21.6. The minimum atomic E-state index is -3.27. The van der Waals surface area contributed by atoms with Crippen molar-refractivity contribution in [2.75, 3.05) is 36.2 Å². The van der Waals surface area contributed by atoms with Crippen molar-refractivity contribution in [2.24, 2.45) is 0 Å². The molecule has 2 aromatic rings. The number of hydrogen-bond donors (Lipinski definition) is 2. The maximum atomic E-state index is 15.5. The van der Waals surface area contributed by atoms with Crippen LogP contribution < -0.4 is 10.2 Å². The highest BCUT2D eigenvalue weighted by Gasteiger charge is 2.45. The lowest BCUT2D eigenvalue weighted by Crippen LogP contribution is -2.58. The molecule has 0 aliphatic carbocycles. The number of aromatic amines is 1. The first-order valence-corrected chi connectivity index (χ1v) is 14.6. The molecule has 5 rings (SSSR count). The molecule has 0 saturated carbocycles. The molecule has 3 fully saturated rings. The maximum absolute atomic E-state index is 15.5. The summed E-state index contributed by atoms with van der Waals surface area (Å²) in [5.74, 6) is 0.367. The molecule has 2 bridgehead atoms. The smallest absolute Gasteiger partial charge is 0.227 e. The molecule has 3 saturated heterocycles. The van der Waals surface area contributed by atoms with Crippen molar-refractivity contribution in [3.63, 3.8) is 0 Å². The summed E-state index contributed by atoms with van der Waals surface area (Å²) < 4.78 is 54.1. The first-order chi connectivity index (χ1) is 17.7. The zero-order chi connectivity index (χ0) is 26.2. The van der Waals surface area contributed by atoms with Crippen molar-refractivity contribution in [3.05, 3.63) is 23.3 Å². The van der Waals surface area contributed by atoms with E-state index in [9.17, 15) is 8.42 Å². The van der Waals surface area contributed by atoms with Crippen molar-refractivity contribution < 1.29 is 22.3 Å². The fraction of sp³-hybridized carbons (Fsp3) is 0.708. The molecular formula is C24H36FN7O4S. The summed E-state index contributed by atoms with van der Waals surface area (Å²) in [7, 11) is -1.38. The van der Waals surface area contributed by atoms with Gasteiger partial charge >= 0.3 is 0 Å². The molecule has 2 aromatic heterocycles. The van der Waals surface area contributed by atoms with Gasteiger partial charge in [0.1, 0.15) is 5.69 Å². The topological polar surface area (TPSA) is 126 Å². The minimum Gasteiger partial charge on any atom is -0.379 e. The third-order valence-corrected chi connectivity index (χ3v) is 9.60. The van der Waals surface area contributed by atoms with Crippen LogP contribution in [0.1, 0.15) is 56.8 Å². The number of H-pyrrole nitrogens is 1. The Morgan fingerprint density at radius 1 is 1.27 bits per heavy atom. The number of halogens is 1. The summed E-state index contributed by atoms with van der Waals surface area (Å²) in [5, 5.41) is 9.95. The quantitative estimate of drug-likeness (QED) is 0.497. The Morgan fingerprint density at radius 2 is 2.03 bits per heavy atom. The summed E-state index contributed by atoms with van der Waals surface area (Å²) in [6.45, 7) is 4.67. The van der Waals surface area contributed by atoms with Gasteiger partial charge in [-0.25, -0.2) is 17.8 Å². The van der Waals surface area contributed by atoms with Crippen LogP contribution >= 0.6 is 0 Å². The number of piperidine rings is 2. The fourth-order valence-corrected chi connectivity index (χ4v) is 7.24. The highest BCUT2D eigenvalue weighted by Crippen LogP contribution is 2.38. The highest BCUT2D eigenvalue weighted by molar-refractivity contribution is 7.89. The number of anilines is 3. The number of hydrogen-bond acceptors (Lipinski definition) is 9. The van der Waals surface area contributed by atoms with E-state index in [4.69, 9.17) is 9.47 Å². The number of sulfonamides is 1. The molecule has 2 N–H and O–H groups in total. The average molecular weight is 538 g/mol. The van der Waals surface area contributed by atoms with Crippen LogP contribution in [0.15, 0.2) is 6.07 Å². The van der Waals surface area contributed by atoms with Crippen LogP contribution in [0.2, 0.25) is 0 Å². The molecule has 0 spiro atoms. The van der Waals surface area contributed by atoms with Gasteiger partial charge in [-0.1, -0.05) is 6.42 Å². The standard InChI is InChI=1S/C24H36FN7O4S/c1-4-37(33,34)32-16-6-5-7-17(32)12-18(11-16)31(3)24-26-20(14-36-19-8-9-35-13-19)22(25)23(28-24)27-21-10-15(2)29-30-21/h10,16-19H,4-9,11-14H2,1-3H3,(H2,26,27,28,29,30)/t16-,17+,18+,19-/m1/s1. The molecule has 0 amide bonds. The second-order valence-electron chi connectivity index (χ2n) is 10.2. The molecule has 13 heteroatoms. The molecule has 204 valence electrons. The predicted octanol–water partition coefficient (Wildman–Crippen LogP) is 2.87. The second-order valence-corrected chi connectivity index (χ2v) is 12.4. The van der Waals surface area contributed by atoms with Gasteiger partial charge in [-0.3, -0.25) is 5.10 Å². The second kappa shape index (κ2) is 10.8. The SMILES string of the molecule is CCS(=O)(=O)N1[C@@H]2CCC[C@H]1C[C@@H](N(C)c1nc(CO[C@@H]3CCOC3)c(F)c(Nc3cc(C)[nH]n3)n1)C2. The molecule has 3 aliphatic heterocycles. The van der Waals surface area contributed by atoms with E-state index in [0.29, 0.717) is 37.8 Å². The summed E-state index contributed by atoms with van der Waals surface area (Å²) in [4.78, 5) is 11.1. The Hall–Kier alpha value is -2.35. The van der Waals surface area contributed by atoms with Crippen LogP contribution in [0.3, 0.4) is 0 Å². The molecule has 0 radical (unpaired) electrons. The number of ether oxygens (including phenoxy) is 2. The molecule has 3 aliphatic rings. The summed E-state index contributed by atoms with van der Waals surface area (Å²) >= 11 is 0. The van der Waals surface area contributed by atoms with Crippen molar-refractivity contribution >= 4 is 27.6 Å². The van der Waals surface area contributed by atoms with Crippen molar-refractivity contribution in [1.82, 2.24) is 24.5 Å². The third kappa shape index (κ3) is 5.59. The predicted molar refractivity (Wildman–Crippen MR) is 137 cm³/mol.